The first-order valence-electron chi connectivity index (χ1n) is 4.60. The minimum absolute atomic E-state index is 0.193. The van der Waals surface area contributed by atoms with Gasteiger partial charge in [0.15, 0.2) is 17.4 Å². The number of nitrogens with one attached hydrogen (secondary N) is 1. The van der Waals surface area contributed by atoms with Crippen molar-refractivity contribution < 1.29 is 9.13 Å². The Balaban J connectivity index is 2.40. The summed E-state index contributed by atoms with van der Waals surface area (Å²) in [4.78, 5) is 4.22. The molecule has 0 aliphatic rings. The van der Waals surface area contributed by atoms with Crippen LogP contribution in [0.4, 0.5) is 9.52 Å². The maximum absolute atomic E-state index is 13.2. The normalized spacial score (nSPS) is 10.2. The van der Waals surface area contributed by atoms with Crippen molar-refractivity contribution in [3.05, 3.63) is 24.0 Å². The lowest BCUT2D eigenvalue weighted by Gasteiger charge is -2.02. The van der Waals surface area contributed by atoms with Gasteiger partial charge in [-0.1, -0.05) is 0 Å². The van der Waals surface area contributed by atoms with E-state index in [1.165, 1.54) is 24.7 Å². The molecule has 2 rings (SSSR count). The van der Waals surface area contributed by atoms with Crippen LogP contribution in [-0.2, 0) is 0 Å². The summed E-state index contributed by atoms with van der Waals surface area (Å²) in [7, 11) is 3.20. The van der Waals surface area contributed by atoms with E-state index in [2.05, 4.69) is 14.7 Å². The van der Waals surface area contributed by atoms with E-state index >= 15 is 0 Å². The number of ether oxygens (including phenoxy) is 1. The summed E-state index contributed by atoms with van der Waals surface area (Å²) >= 11 is 1.26. The fourth-order valence-electron chi connectivity index (χ4n) is 1.24. The molecule has 0 amide bonds. The standard InChI is InChI=1S/C10H10FN3OS/c1-12-10-13-9(14-16-10)6-3-4-7(11)8(5-6)15-2/h3-5H,1-2H3,(H,12,13,14). The lowest BCUT2D eigenvalue weighted by Crippen LogP contribution is -1.90. The molecule has 6 heteroatoms. The van der Waals surface area contributed by atoms with Gasteiger partial charge in [0.05, 0.1) is 7.11 Å². The first kappa shape index (κ1) is 10.8. The van der Waals surface area contributed by atoms with E-state index < -0.39 is 5.82 Å². The Morgan fingerprint density at radius 3 is 2.88 bits per heavy atom. The molecular formula is C10H10FN3OS. The zero-order valence-corrected chi connectivity index (χ0v) is 9.64. The second-order valence-corrected chi connectivity index (χ2v) is 3.77. The van der Waals surface area contributed by atoms with E-state index in [0.717, 1.165) is 10.7 Å². The predicted octanol–water partition coefficient (Wildman–Crippen LogP) is 2.39. The van der Waals surface area contributed by atoms with E-state index in [0.29, 0.717) is 5.82 Å². The van der Waals surface area contributed by atoms with Crippen LogP contribution in [0, 0.1) is 5.82 Å². The molecule has 1 aromatic carbocycles. The summed E-state index contributed by atoms with van der Waals surface area (Å²) in [5.41, 5.74) is 0.732. The highest BCUT2D eigenvalue weighted by molar-refractivity contribution is 7.09. The largest absolute Gasteiger partial charge is 0.494 e. The lowest BCUT2D eigenvalue weighted by atomic mass is 10.2. The topological polar surface area (TPSA) is 47.0 Å². The summed E-state index contributed by atoms with van der Waals surface area (Å²) < 4.78 is 22.2. The number of aromatic nitrogens is 2. The van der Waals surface area contributed by atoms with Crippen LogP contribution in [0.1, 0.15) is 0 Å². The zero-order valence-electron chi connectivity index (χ0n) is 8.82. The molecule has 0 saturated carbocycles. The number of anilines is 1. The number of halogens is 1. The molecule has 1 aromatic heterocycles. The number of hydrogen-bond acceptors (Lipinski definition) is 5. The Bertz CT molecular complexity index is 501. The quantitative estimate of drug-likeness (QED) is 0.893. The SMILES string of the molecule is CNc1nc(-c2ccc(F)c(OC)c2)ns1. The molecule has 16 heavy (non-hydrogen) atoms. The Labute approximate surface area is 96.3 Å². The van der Waals surface area contributed by atoms with Gasteiger partial charge in [-0.25, -0.2) is 4.39 Å². The molecule has 84 valence electrons. The van der Waals surface area contributed by atoms with E-state index in [1.807, 2.05) is 0 Å². The van der Waals surface area contributed by atoms with Crippen LogP contribution < -0.4 is 10.1 Å². The highest BCUT2D eigenvalue weighted by Gasteiger charge is 2.09. The van der Waals surface area contributed by atoms with Crippen LogP contribution in [0.15, 0.2) is 18.2 Å². The van der Waals surface area contributed by atoms with Crippen molar-refractivity contribution in [3.63, 3.8) is 0 Å². The van der Waals surface area contributed by atoms with Gasteiger partial charge in [0.1, 0.15) is 0 Å². The Morgan fingerprint density at radius 1 is 1.44 bits per heavy atom. The van der Waals surface area contributed by atoms with Gasteiger partial charge in [0, 0.05) is 24.1 Å². The van der Waals surface area contributed by atoms with Crippen LogP contribution in [0.25, 0.3) is 11.4 Å². The summed E-state index contributed by atoms with van der Waals surface area (Å²) in [6, 6.07) is 4.55. The molecule has 0 bridgehead atoms. The molecule has 4 nitrogen and oxygen atoms in total. The Kier molecular flexibility index (Phi) is 3.00. The van der Waals surface area contributed by atoms with Gasteiger partial charge in [-0.3, -0.25) is 0 Å². The van der Waals surface area contributed by atoms with Crippen LogP contribution in [0.2, 0.25) is 0 Å². The smallest absolute Gasteiger partial charge is 0.202 e. The molecule has 0 aliphatic carbocycles. The summed E-state index contributed by atoms with van der Waals surface area (Å²) in [5, 5.41) is 3.62. The fraction of sp³-hybridized carbons (Fsp3) is 0.200. The molecular weight excluding hydrogens is 229 g/mol. The van der Waals surface area contributed by atoms with E-state index in [-0.39, 0.29) is 5.75 Å². The number of methoxy groups -OCH3 is 1. The molecule has 1 heterocycles. The molecule has 1 N–H and O–H groups in total. The number of benzene rings is 1. The zero-order chi connectivity index (χ0) is 11.5. The van der Waals surface area contributed by atoms with Crippen molar-refractivity contribution in [3.8, 4) is 17.1 Å². The van der Waals surface area contributed by atoms with Crippen molar-refractivity contribution in [1.82, 2.24) is 9.36 Å². The van der Waals surface area contributed by atoms with Crippen molar-refractivity contribution >= 4 is 16.7 Å². The molecule has 2 aromatic rings. The van der Waals surface area contributed by atoms with Crippen LogP contribution in [0.5, 0.6) is 5.75 Å². The maximum Gasteiger partial charge on any atom is 0.202 e. The van der Waals surface area contributed by atoms with Gasteiger partial charge >= 0.3 is 0 Å². The van der Waals surface area contributed by atoms with Crippen molar-refractivity contribution in [1.29, 1.82) is 0 Å². The second-order valence-electron chi connectivity index (χ2n) is 3.02. The molecule has 0 spiro atoms. The van der Waals surface area contributed by atoms with Gasteiger partial charge in [0.2, 0.25) is 5.13 Å². The number of nitrogens with zero attached hydrogens (tertiary/aromatic N) is 2. The fourth-order valence-corrected chi connectivity index (χ4v) is 1.78. The molecule has 0 atom stereocenters. The molecule has 0 aliphatic heterocycles. The monoisotopic (exact) mass is 239 g/mol. The van der Waals surface area contributed by atoms with Crippen molar-refractivity contribution in [2.24, 2.45) is 0 Å². The van der Waals surface area contributed by atoms with Crippen LogP contribution >= 0.6 is 11.5 Å². The molecule has 0 radical (unpaired) electrons. The van der Waals surface area contributed by atoms with Crippen molar-refractivity contribution in [2.75, 3.05) is 19.5 Å². The second kappa shape index (κ2) is 4.44. The summed E-state index contributed by atoms with van der Waals surface area (Å²) in [5.74, 6) is 0.362. The highest BCUT2D eigenvalue weighted by Crippen LogP contribution is 2.26. The summed E-state index contributed by atoms with van der Waals surface area (Å²) in [6.07, 6.45) is 0. The minimum Gasteiger partial charge on any atom is -0.494 e. The van der Waals surface area contributed by atoms with Gasteiger partial charge in [0.25, 0.3) is 0 Å². The maximum atomic E-state index is 13.2. The number of rotatable bonds is 3. The summed E-state index contributed by atoms with van der Waals surface area (Å²) in [6.45, 7) is 0. The number of hydrogen-bond donors (Lipinski definition) is 1. The van der Waals surface area contributed by atoms with E-state index in [1.54, 1.807) is 19.2 Å². The third kappa shape index (κ3) is 1.96. The third-order valence-electron chi connectivity index (χ3n) is 2.05. The molecule has 0 fully saturated rings. The Hall–Kier alpha value is -1.69. The first-order chi connectivity index (χ1) is 7.74. The van der Waals surface area contributed by atoms with Crippen LogP contribution in [-0.4, -0.2) is 23.5 Å². The van der Waals surface area contributed by atoms with E-state index in [4.69, 9.17) is 4.74 Å². The van der Waals surface area contributed by atoms with Gasteiger partial charge in [-0.2, -0.15) is 9.36 Å². The molecule has 0 saturated heterocycles. The van der Waals surface area contributed by atoms with Crippen LogP contribution in [0.3, 0.4) is 0 Å². The lowest BCUT2D eigenvalue weighted by molar-refractivity contribution is 0.387. The van der Waals surface area contributed by atoms with Gasteiger partial charge in [-0.15, -0.1) is 0 Å². The van der Waals surface area contributed by atoms with E-state index in [9.17, 15) is 4.39 Å². The van der Waals surface area contributed by atoms with Crippen molar-refractivity contribution in [2.45, 2.75) is 0 Å². The third-order valence-corrected chi connectivity index (χ3v) is 2.78. The van der Waals surface area contributed by atoms with Gasteiger partial charge in [-0.05, 0) is 18.2 Å². The highest BCUT2D eigenvalue weighted by atomic mass is 32.1. The van der Waals surface area contributed by atoms with Gasteiger partial charge < -0.3 is 10.1 Å². The molecule has 0 unspecified atom stereocenters. The average Bonchev–Trinajstić information content (AvgIpc) is 2.78. The Morgan fingerprint density at radius 2 is 2.25 bits per heavy atom. The average molecular weight is 239 g/mol. The first-order valence-corrected chi connectivity index (χ1v) is 5.37. The predicted molar refractivity (Wildman–Crippen MR) is 61.4 cm³/mol. The minimum atomic E-state index is -0.393.